The van der Waals surface area contributed by atoms with Crippen molar-refractivity contribution in [3.05, 3.63) is 22.4 Å². The summed E-state index contributed by atoms with van der Waals surface area (Å²) >= 11 is 5.10. The summed E-state index contributed by atoms with van der Waals surface area (Å²) in [5.41, 5.74) is -0.0875. The Bertz CT molecular complexity index is 514. The second-order valence-electron chi connectivity index (χ2n) is 4.69. The molecule has 0 radical (unpaired) electrons. The van der Waals surface area contributed by atoms with Crippen molar-refractivity contribution in [3.63, 3.8) is 0 Å². The maximum atomic E-state index is 12.4. The molecule has 2 rings (SSSR count). The minimum Gasteiger partial charge on any atom is -0.342 e. The van der Waals surface area contributed by atoms with Gasteiger partial charge in [0.15, 0.2) is 0 Å². The van der Waals surface area contributed by atoms with Crippen LogP contribution in [-0.4, -0.2) is 27.5 Å². The highest BCUT2D eigenvalue weighted by atomic mass is 79.9. The van der Waals surface area contributed by atoms with E-state index in [0.29, 0.717) is 11.4 Å². The van der Waals surface area contributed by atoms with Gasteiger partial charge in [-0.1, -0.05) is 6.92 Å². The molecular weight excluding hydrogens is 326 g/mol. The fourth-order valence-corrected chi connectivity index (χ4v) is 3.88. The van der Waals surface area contributed by atoms with Crippen molar-refractivity contribution < 1.29 is 4.79 Å². The molecule has 6 heteroatoms. The molecule has 1 aromatic rings. The smallest absolute Gasteiger partial charge is 0.269 e. The van der Waals surface area contributed by atoms with Crippen LogP contribution < -0.4 is 5.32 Å². The highest BCUT2D eigenvalue weighted by Gasteiger charge is 2.36. The molecule has 4 nitrogen and oxygen atoms in total. The normalized spacial score (nSPS) is 22.2. The third kappa shape index (κ3) is 3.15. The van der Waals surface area contributed by atoms with Crippen LogP contribution in [0.5, 0.6) is 0 Å². The van der Waals surface area contributed by atoms with E-state index in [0.717, 1.165) is 29.6 Å². The van der Waals surface area contributed by atoms with Gasteiger partial charge in [0.1, 0.15) is 11.2 Å². The summed E-state index contributed by atoms with van der Waals surface area (Å²) in [7, 11) is 0. The number of nitrogens with one attached hydrogen (secondary N) is 1. The van der Waals surface area contributed by atoms with Gasteiger partial charge in [0.05, 0.1) is 6.07 Å². The first-order valence-corrected chi connectivity index (χ1v) is 8.22. The SMILES string of the molecule is CCCn1cc(Br)cc1C(=O)NC1(C#N)CCSC1. The lowest BCUT2D eigenvalue weighted by molar-refractivity contribution is 0.0916. The molecule has 1 aliphatic heterocycles. The minimum atomic E-state index is -0.699. The fourth-order valence-electron chi connectivity index (χ4n) is 2.15. The van der Waals surface area contributed by atoms with Crippen LogP contribution in [0.4, 0.5) is 0 Å². The molecule has 0 aromatic carbocycles. The number of aromatic nitrogens is 1. The van der Waals surface area contributed by atoms with E-state index < -0.39 is 5.54 Å². The van der Waals surface area contributed by atoms with Crippen molar-refractivity contribution >= 4 is 33.6 Å². The maximum Gasteiger partial charge on any atom is 0.269 e. The van der Waals surface area contributed by atoms with Crippen molar-refractivity contribution in [2.24, 2.45) is 0 Å². The van der Waals surface area contributed by atoms with Gasteiger partial charge < -0.3 is 9.88 Å². The summed E-state index contributed by atoms with van der Waals surface area (Å²) in [4.78, 5) is 12.4. The number of halogens is 1. The molecule has 1 aliphatic rings. The van der Waals surface area contributed by atoms with Crippen LogP contribution in [-0.2, 0) is 6.54 Å². The first-order valence-electron chi connectivity index (χ1n) is 6.27. The minimum absolute atomic E-state index is 0.164. The van der Waals surface area contributed by atoms with Gasteiger partial charge in [0.2, 0.25) is 0 Å². The Balaban J connectivity index is 2.18. The number of amides is 1. The van der Waals surface area contributed by atoms with E-state index in [1.807, 2.05) is 10.8 Å². The fraction of sp³-hybridized carbons (Fsp3) is 0.538. The second kappa shape index (κ2) is 6.02. The number of aryl methyl sites for hydroxylation is 1. The number of thioether (sulfide) groups is 1. The zero-order valence-electron chi connectivity index (χ0n) is 10.8. The van der Waals surface area contributed by atoms with Gasteiger partial charge in [-0.15, -0.1) is 0 Å². The van der Waals surface area contributed by atoms with Gasteiger partial charge in [-0.25, -0.2) is 0 Å². The molecule has 0 saturated carbocycles. The van der Waals surface area contributed by atoms with Crippen LogP contribution in [0.25, 0.3) is 0 Å². The molecule has 0 aliphatic carbocycles. The molecule has 1 saturated heterocycles. The molecule has 0 bridgehead atoms. The molecular formula is C13H16BrN3OS. The first-order chi connectivity index (χ1) is 9.10. The molecule has 19 heavy (non-hydrogen) atoms. The standard InChI is InChI=1S/C13H16BrN3OS/c1-2-4-17-7-10(14)6-11(17)12(18)16-13(8-15)3-5-19-9-13/h6-7H,2-5,9H2,1H3,(H,16,18). The van der Waals surface area contributed by atoms with Gasteiger partial charge in [0, 0.05) is 23.0 Å². The second-order valence-corrected chi connectivity index (χ2v) is 6.71. The van der Waals surface area contributed by atoms with E-state index in [4.69, 9.17) is 0 Å². The van der Waals surface area contributed by atoms with Gasteiger partial charge in [-0.2, -0.15) is 17.0 Å². The summed E-state index contributed by atoms with van der Waals surface area (Å²) in [5.74, 6) is 1.43. The van der Waals surface area contributed by atoms with Crippen LogP contribution >= 0.6 is 27.7 Å². The lowest BCUT2D eigenvalue weighted by Crippen LogP contribution is -2.48. The Kier molecular flexibility index (Phi) is 4.58. The summed E-state index contributed by atoms with van der Waals surface area (Å²) in [6.45, 7) is 2.86. The van der Waals surface area contributed by atoms with E-state index in [1.165, 1.54) is 0 Å². The number of carbonyl (C=O) groups excluding carboxylic acids is 1. The van der Waals surface area contributed by atoms with E-state index >= 15 is 0 Å². The lowest BCUT2D eigenvalue weighted by atomic mass is 10.0. The Morgan fingerprint density at radius 2 is 2.53 bits per heavy atom. The van der Waals surface area contributed by atoms with E-state index in [1.54, 1.807) is 17.8 Å². The van der Waals surface area contributed by atoms with Crippen molar-refractivity contribution in [3.8, 4) is 6.07 Å². The molecule has 1 fully saturated rings. The van der Waals surface area contributed by atoms with E-state index in [-0.39, 0.29) is 5.91 Å². The maximum absolute atomic E-state index is 12.4. The zero-order chi connectivity index (χ0) is 13.9. The molecule has 1 aromatic heterocycles. The van der Waals surface area contributed by atoms with Crippen LogP contribution in [0.15, 0.2) is 16.7 Å². The van der Waals surface area contributed by atoms with E-state index in [9.17, 15) is 10.1 Å². The van der Waals surface area contributed by atoms with Gasteiger partial charge in [-0.05, 0) is 40.6 Å². The molecule has 0 spiro atoms. The van der Waals surface area contributed by atoms with Crippen LogP contribution in [0.3, 0.4) is 0 Å². The molecule has 1 unspecified atom stereocenters. The molecule has 102 valence electrons. The number of nitrogens with zero attached hydrogens (tertiary/aromatic N) is 2. The van der Waals surface area contributed by atoms with Crippen molar-refractivity contribution in [2.75, 3.05) is 11.5 Å². The largest absolute Gasteiger partial charge is 0.342 e. The number of hydrogen-bond acceptors (Lipinski definition) is 3. The average molecular weight is 342 g/mol. The quantitative estimate of drug-likeness (QED) is 0.915. The van der Waals surface area contributed by atoms with Crippen molar-refractivity contribution in [2.45, 2.75) is 31.8 Å². The first kappa shape index (κ1) is 14.5. The van der Waals surface area contributed by atoms with Crippen molar-refractivity contribution in [1.82, 2.24) is 9.88 Å². The topological polar surface area (TPSA) is 57.8 Å². The Hall–Kier alpha value is -0.930. The number of nitriles is 1. The predicted molar refractivity (Wildman–Crippen MR) is 80.2 cm³/mol. The number of rotatable bonds is 4. The Labute approximate surface area is 125 Å². The van der Waals surface area contributed by atoms with Crippen LogP contribution in [0, 0.1) is 11.3 Å². The van der Waals surface area contributed by atoms with Crippen molar-refractivity contribution in [1.29, 1.82) is 5.26 Å². The van der Waals surface area contributed by atoms with Gasteiger partial charge in [-0.3, -0.25) is 4.79 Å². The summed E-state index contributed by atoms with van der Waals surface area (Å²) in [6, 6.07) is 4.07. The predicted octanol–water partition coefficient (Wildman–Crippen LogP) is 2.79. The average Bonchev–Trinajstić information content (AvgIpc) is 2.97. The number of carbonyl (C=O) groups is 1. The molecule has 1 atom stereocenters. The summed E-state index contributed by atoms with van der Waals surface area (Å²) < 4.78 is 2.81. The Morgan fingerprint density at radius 3 is 3.11 bits per heavy atom. The molecule has 1 amide bonds. The van der Waals surface area contributed by atoms with Crippen LogP contribution in [0.1, 0.15) is 30.3 Å². The highest BCUT2D eigenvalue weighted by Crippen LogP contribution is 2.28. The lowest BCUT2D eigenvalue weighted by Gasteiger charge is -2.21. The summed E-state index contributed by atoms with van der Waals surface area (Å²) in [5, 5.41) is 12.2. The summed E-state index contributed by atoms with van der Waals surface area (Å²) in [6.07, 6.45) is 3.58. The Morgan fingerprint density at radius 1 is 1.74 bits per heavy atom. The zero-order valence-corrected chi connectivity index (χ0v) is 13.2. The molecule has 1 N–H and O–H groups in total. The van der Waals surface area contributed by atoms with Gasteiger partial charge >= 0.3 is 0 Å². The molecule has 2 heterocycles. The number of hydrogen-bond donors (Lipinski definition) is 1. The van der Waals surface area contributed by atoms with Crippen LogP contribution in [0.2, 0.25) is 0 Å². The van der Waals surface area contributed by atoms with E-state index in [2.05, 4.69) is 34.2 Å². The monoisotopic (exact) mass is 341 g/mol. The third-order valence-electron chi connectivity index (χ3n) is 3.15. The third-order valence-corrected chi connectivity index (χ3v) is 4.77. The highest BCUT2D eigenvalue weighted by molar-refractivity contribution is 9.10. The van der Waals surface area contributed by atoms with Gasteiger partial charge in [0.25, 0.3) is 5.91 Å².